The van der Waals surface area contributed by atoms with Crippen molar-refractivity contribution in [2.45, 2.75) is 18.9 Å². The largest absolute Gasteiger partial charge is 0.379 e. The number of carbonyl (C=O) groups is 1. The Morgan fingerprint density at radius 1 is 1.26 bits per heavy atom. The number of likely N-dealkylation sites (N-methyl/N-ethyl adjacent to an activating group) is 1. The van der Waals surface area contributed by atoms with Crippen LogP contribution in [0.25, 0.3) is 0 Å². The fraction of sp³-hybridized carbons (Fsp3) is 0.300. The first-order chi connectivity index (χ1) is 12.8. The van der Waals surface area contributed by atoms with Crippen LogP contribution in [-0.2, 0) is 4.79 Å². The van der Waals surface area contributed by atoms with E-state index in [2.05, 4.69) is 15.6 Å². The molecule has 2 N–H and O–H groups in total. The van der Waals surface area contributed by atoms with Crippen LogP contribution >= 0.6 is 0 Å². The van der Waals surface area contributed by atoms with Crippen LogP contribution < -0.4 is 10.6 Å². The van der Waals surface area contributed by atoms with E-state index in [1.165, 1.54) is 30.5 Å². The van der Waals surface area contributed by atoms with Crippen molar-refractivity contribution < 1.29 is 13.6 Å². The van der Waals surface area contributed by atoms with Crippen LogP contribution in [0.2, 0.25) is 0 Å². The number of anilines is 2. The predicted molar refractivity (Wildman–Crippen MR) is 104 cm³/mol. The van der Waals surface area contributed by atoms with Crippen LogP contribution in [0.1, 0.15) is 18.4 Å². The topological polar surface area (TPSA) is 56.7 Å². The Bertz CT molecular complexity index is 882. The number of halogens is 2. The molecule has 1 amide bonds. The first kappa shape index (κ1) is 19.0. The molecule has 0 aromatic heterocycles. The SMILES string of the molecule is CC(CN(C)C)Nc1ccc(N=CC2C(=O)Nc3ccc(F)cc32)cc1F. The van der Waals surface area contributed by atoms with Gasteiger partial charge < -0.3 is 15.5 Å². The van der Waals surface area contributed by atoms with E-state index in [0.717, 1.165) is 6.54 Å². The van der Waals surface area contributed by atoms with Gasteiger partial charge in [-0.2, -0.15) is 0 Å². The highest BCUT2D eigenvalue weighted by atomic mass is 19.1. The third kappa shape index (κ3) is 4.49. The molecule has 0 saturated heterocycles. The molecule has 2 atom stereocenters. The quantitative estimate of drug-likeness (QED) is 0.759. The molecule has 0 spiro atoms. The number of nitrogens with zero attached hydrogens (tertiary/aromatic N) is 2. The molecule has 0 aliphatic carbocycles. The number of amides is 1. The fourth-order valence-electron chi connectivity index (χ4n) is 3.13. The van der Waals surface area contributed by atoms with Crippen LogP contribution in [0, 0.1) is 11.6 Å². The highest BCUT2D eigenvalue weighted by molar-refractivity contribution is 6.12. The molecular formula is C20H22F2N4O. The Morgan fingerprint density at radius 3 is 2.74 bits per heavy atom. The predicted octanol–water partition coefficient (Wildman–Crippen LogP) is 3.77. The maximum atomic E-state index is 14.3. The average Bonchev–Trinajstić information content (AvgIpc) is 2.89. The van der Waals surface area contributed by atoms with Crippen molar-refractivity contribution in [3.8, 4) is 0 Å². The zero-order chi connectivity index (χ0) is 19.6. The van der Waals surface area contributed by atoms with Gasteiger partial charge in [0.25, 0.3) is 0 Å². The van der Waals surface area contributed by atoms with Gasteiger partial charge in [0.2, 0.25) is 5.91 Å². The monoisotopic (exact) mass is 372 g/mol. The normalized spacial score (nSPS) is 17.3. The number of rotatable bonds is 6. The second-order valence-electron chi connectivity index (χ2n) is 6.95. The summed E-state index contributed by atoms with van der Waals surface area (Å²) in [6.07, 6.45) is 1.41. The second-order valence-corrected chi connectivity index (χ2v) is 6.95. The van der Waals surface area contributed by atoms with Crippen molar-refractivity contribution in [3.05, 3.63) is 53.6 Å². The molecule has 1 heterocycles. The van der Waals surface area contributed by atoms with Gasteiger partial charge in [-0.1, -0.05) is 0 Å². The van der Waals surface area contributed by atoms with E-state index in [-0.39, 0.29) is 11.9 Å². The standard InChI is InChI=1S/C20H22F2N4O/c1-12(11-26(2)3)24-19-7-5-14(9-17(19)22)23-10-16-15-8-13(21)4-6-18(15)25-20(16)27/h4-10,12,16,24H,11H2,1-3H3,(H,25,27). The first-order valence-corrected chi connectivity index (χ1v) is 8.69. The smallest absolute Gasteiger partial charge is 0.237 e. The van der Waals surface area contributed by atoms with Gasteiger partial charge in [-0.25, -0.2) is 8.78 Å². The number of hydrogen-bond acceptors (Lipinski definition) is 4. The molecule has 1 aliphatic heterocycles. The van der Waals surface area contributed by atoms with E-state index in [1.54, 1.807) is 12.1 Å². The van der Waals surface area contributed by atoms with Crippen molar-refractivity contribution >= 4 is 29.2 Å². The van der Waals surface area contributed by atoms with Crippen LogP contribution in [0.3, 0.4) is 0 Å². The van der Waals surface area contributed by atoms with Gasteiger partial charge in [-0.3, -0.25) is 9.79 Å². The molecular weight excluding hydrogens is 350 g/mol. The highest BCUT2D eigenvalue weighted by Crippen LogP contribution is 2.32. The van der Waals surface area contributed by atoms with Crippen molar-refractivity contribution in [2.75, 3.05) is 31.3 Å². The minimum Gasteiger partial charge on any atom is -0.379 e. The summed E-state index contributed by atoms with van der Waals surface area (Å²) < 4.78 is 27.8. The lowest BCUT2D eigenvalue weighted by Crippen LogP contribution is -2.29. The van der Waals surface area contributed by atoms with Gasteiger partial charge >= 0.3 is 0 Å². The summed E-state index contributed by atoms with van der Waals surface area (Å²) >= 11 is 0. The van der Waals surface area contributed by atoms with Crippen LogP contribution in [0.4, 0.5) is 25.8 Å². The van der Waals surface area contributed by atoms with Gasteiger partial charge in [0.15, 0.2) is 0 Å². The van der Waals surface area contributed by atoms with E-state index < -0.39 is 17.6 Å². The summed E-state index contributed by atoms with van der Waals surface area (Å²) in [5, 5.41) is 5.80. The molecule has 0 fully saturated rings. The average molecular weight is 372 g/mol. The van der Waals surface area contributed by atoms with E-state index in [0.29, 0.717) is 22.6 Å². The van der Waals surface area contributed by atoms with Gasteiger partial charge in [0.1, 0.15) is 17.6 Å². The number of nitrogens with one attached hydrogen (secondary N) is 2. The third-order valence-electron chi connectivity index (χ3n) is 4.26. The molecule has 7 heteroatoms. The molecule has 0 bridgehead atoms. The van der Waals surface area contributed by atoms with Crippen molar-refractivity contribution in [2.24, 2.45) is 4.99 Å². The van der Waals surface area contributed by atoms with Gasteiger partial charge in [0, 0.05) is 30.6 Å². The Morgan fingerprint density at radius 2 is 2.04 bits per heavy atom. The summed E-state index contributed by atoms with van der Waals surface area (Å²) in [6.45, 7) is 2.74. The summed E-state index contributed by atoms with van der Waals surface area (Å²) in [4.78, 5) is 18.3. The second kappa shape index (κ2) is 7.84. The zero-order valence-electron chi connectivity index (χ0n) is 15.5. The number of carbonyl (C=O) groups excluding carboxylic acids is 1. The van der Waals surface area contributed by atoms with Crippen molar-refractivity contribution in [3.63, 3.8) is 0 Å². The van der Waals surface area contributed by atoms with Crippen LogP contribution in [0.5, 0.6) is 0 Å². The zero-order valence-corrected chi connectivity index (χ0v) is 15.5. The lowest BCUT2D eigenvalue weighted by molar-refractivity contribution is -0.115. The molecule has 2 aromatic carbocycles. The summed E-state index contributed by atoms with van der Waals surface area (Å²) in [5.41, 5.74) is 1.88. The Balaban J connectivity index is 1.74. The molecule has 142 valence electrons. The minimum absolute atomic E-state index is 0.0810. The lowest BCUT2D eigenvalue weighted by atomic mass is 10.0. The van der Waals surface area contributed by atoms with Crippen molar-refractivity contribution in [1.82, 2.24) is 4.90 Å². The van der Waals surface area contributed by atoms with E-state index in [4.69, 9.17) is 0 Å². The van der Waals surface area contributed by atoms with Crippen LogP contribution in [0.15, 0.2) is 41.4 Å². The van der Waals surface area contributed by atoms with Crippen molar-refractivity contribution in [1.29, 1.82) is 0 Å². The fourth-order valence-corrected chi connectivity index (χ4v) is 3.13. The maximum absolute atomic E-state index is 14.3. The van der Waals surface area contributed by atoms with Gasteiger partial charge in [0.05, 0.1) is 11.4 Å². The molecule has 0 radical (unpaired) electrons. The van der Waals surface area contributed by atoms with E-state index >= 15 is 0 Å². The Hall–Kier alpha value is -2.80. The highest BCUT2D eigenvalue weighted by Gasteiger charge is 2.29. The Labute approximate surface area is 157 Å². The van der Waals surface area contributed by atoms with Gasteiger partial charge in [-0.15, -0.1) is 0 Å². The lowest BCUT2D eigenvalue weighted by Gasteiger charge is -2.19. The van der Waals surface area contributed by atoms with E-state index in [1.807, 2.05) is 25.9 Å². The maximum Gasteiger partial charge on any atom is 0.237 e. The summed E-state index contributed by atoms with van der Waals surface area (Å²) in [5.74, 6) is -1.82. The number of aliphatic imine (C=N–C) groups is 1. The van der Waals surface area contributed by atoms with E-state index in [9.17, 15) is 13.6 Å². The first-order valence-electron chi connectivity index (χ1n) is 8.69. The molecule has 2 unspecified atom stereocenters. The Kier molecular flexibility index (Phi) is 5.51. The summed E-state index contributed by atoms with van der Waals surface area (Å²) in [6, 6.07) is 8.80. The molecule has 1 aliphatic rings. The molecule has 3 rings (SSSR count). The molecule has 0 saturated carbocycles. The number of hydrogen-bond donors (Lipinski definition) is 2. The molecule has 27 heavy (non-hydrogen) atoms. The number of benzene rings is 2. The molecule has 2 aromatic rings. The third-order valence-corrected chi connectivity index (χ3v) is 4.26. The molecule has 5 nitrogen and oxygen atoms in total. The van der Waals surface area contributed by atoms with Crippen LogP contribution in [-0.4, -0.2) is 43.7 Å². The van der Waals surface area contributed by atoms with Gasteiger partial charge in [-0.05, 0) is 56.9 Å². The summed E-state index contributed by atoms with van der Waals surface area (Å²) in [7, 11) is 3.91. The minimum atomic E-state index is -0.698. The number of fused-ring (bicyclic) bond motifs is 1.